The van der Waals surface area contributed by atoms with Crippen molar-refractivity contribution in [1.82, 2.24) is 5.32 Å². The van der Waals surface area contributed by atoms with E-state index in [0.717, 1.165) is 38.6 Å². The molecule has 94 valence electrons. The van der Waals surface area contributed by atoms with E-state index >= 15 is 0 Å². The first-order chi connectivity index (χ1) is 7.55. The van der Waals surface area contributed by atoms with Crippen LogP contribution in [0, 0.1) is 5.92 Å². The Morgan fingerprint density at radius 2 is 2.19 bits per heavy atom. The molecule has 0 saturated carbocycles. The van der Waals surface area contributed by atoms with Crippen LogP contribution in [0.15, 0.2) is 0 Å². The molecule has 2 unspecified atom stereocenters. The van der Waals surface area contributed by atoms with E-state index in [-0.39, 0.29) is 18.1 Å². The maximum Gasteiger partial charge on any atom is 0.150 e. The van der Waals surface area contributed by atoms with E-state index in [0.29, 0.717) is 11.5 Å². The Morgan fingerprint density at radius 1 is 1.38 bits per heavy atom. The summed E-state index contributed by atoms with van der Waals surface area (Å²) in [4.78, 5) is 0. The van der Waals surface area contributed by atoms with Crippen molar-refractivity contribution in [2.45, 2.75) is 37.6 Å². The first-order valence-corrected chi connectivity index (χ1v) is 7.94. The van der Waals surface area contributed by atoms with Crippen molar-refractivity contribution in [2.75, 3.05) is 24.7 Å². The highest BCUT2D eigenvalue weighted by Crippen LogP contribution is 2.31. The lowest BCUT2D eigenvalue weighted by molar-refractivity contribution is 0.110. The predicted molar refractivity (Wildman–Crippen MR) is 63.0 cm³/mol. The highest BCUT2D eigenvalue weighted by atomic mass is 32.2. The minimum atomic E-state index is -2.79. The monoisotopic (exact) mass is 247 g/mol. The lowest BCUT2D eigenvalue weighted by Gasteiger charge is -2.38. The molecule has 2 saturated heterocycles. The second-order valence-electron chi connectivity index (χ2n) is 5.30. The molecule has 0 aromatic heterocycles. The first kappa shape index (κ1) is 12.3. The zero-order chi connectivity index (χ0) is 11.6. The molecule has 2 N–H and O–H groups in total. The summed E-state index contributed by atoms with van der Waals surface area (Å²) in [5.41, 5.74) is -0.206. The molecule has 0 aromatic carbocycles. The fraction of sp³-hybridized carbons (Fsp3) is 1.00. The molecular weight excluding hydrogens is 226 g/mol. The molecule has 2 atom stereocenters. The Morgan fingerprint density at radius 3 is 2.69 bits per heavy atom. The maximum atomic E-state index is 11.4. The number of piperidine rings is 1. The number of rotatable bonds is 3. The third kappa shape index (κ3) is 2.76. The van der Waals surface area contributed by atoms with Gasteiger partial charge in [-0.15, -0.1) is 0 Å². The van der Waals surface area contributed by atoms with Crippen molar-refractivity contribution in [3.8, 4) is 0 Å². The van der Waals surface area contributed by atoms with E-state index in [1.54, 1.807) is 0 Å². The van der Waals surface area contributed by atoms with Crippen LogP contribution in [-0.2, 0) is 9.84 Å². The van der Waals surface area contributed by atoms with Gasteiger partial charge in [-0.05, 0) is 38.1 Å². The predicted octanol–water partition coefficient (Wildman–Crippen LogP) is 0.316. The average molecular weight is 247 g/mol. The van der Waals surface area contributed by atoms with Gasteiger partial charge in [0, 0.05) is 5.54 Å². The molecule has 0 aliphatic carbocycles. The minimum absolute atomic E-state index is 0.129. The van der Waals surface area contributed by atoms with Crippen LogP contribution < -0.4 is 5.32 Å². The second-order valence-corrected chi connectivity index (χ2v) is 7.52. The summed E-state index contributed by atoms with van der Waals surface area (Å²) in [7, 11) is -2.79. The van der Waals surface area contributed by atoms with Gasteiger partial charge in [0.05, 0.1) is 18.1 Å². The summed E-state index contributed by atoms with van der Waals surface area (Å²) in [6, 6.07) is 0. The third-order valence-electron chi connectivity index (χ3n) is 3.89. The Labute approximate surface area is 97.3 Å². The Kier molecular flexibility index (Phi) is 3.56. The molecule has 5 heteroatoms. The van der Waals surface area contributed by atoms with Gasteiger partial charge in [0.1, 0.15) is 0 Å². The van der Waals surface area contributed by atoms with Crippen molar-refractivity contribution in [1.29, 1.82) is 0 Å². The van der Waals surface area contributed by atoms with E-state index in [4.69, 9.17) is 0 Å². The van der Waals surface area contributed by atoms with E-state index < -0.39 is 9.84 Å². The van der Waals surface area contributed by atoms with E-state index in [1.165, 1.54) is 0 Å². The first-order valence-electron chi connectivity index (χ1n) is 6.12. The number of aliphatic hydroxyl groups is 1. The normalized spacial score (nSPS) is 38.7. The SMILES string of the molecule is O=S1(=O)CCC(CC2(CO)CCCCN2)C1. The molecule has 0 amide bonds. The summed E-state index contributed by atoms with van der Waals surface area (Å²) in [5, 5.41) is 12.9. The lowest BCUT2D eigenvalue weighted by Crippen LogP contribution is -2.52. The van der Waals surface area contributed by atoms with E-state index in [9.17, 15) is 13.5 Å². The van der Waals surface area contributed by atoms with Crippen molar-refractivity contribution < 1.29 is 13.5 Å². The van der Waals surface area contributed by atoms with Crippen LogP contribution in [0.3, 0.4) is 0 Å². The summed E-state index contributed by atoms with van der Waals surface area (Å²) >= 11 is 0. The number of sulfone groups is 1. The van der Waals surface area contributed by atoms with Gasteiger partial charge in [0.2, 0.25) is 0 Å². The zero-order valence-electron chi connectivity index (χ0n) is 9.61. The standard InChI is InChI=1S/C11H21NO3S/c13-9-11(4-1-2-5-12-11)7-10-3-6-16(14,15)8-10/h10,12-13H,1-9H2. The molecule has 0 bridgehead atoms. The van der Waals surface area contributed by atoms with Gasteiger partial charge in [0.25, 0.3) is 0 Å². The molecule has 2 heterocycles. The van der Waals surface area contributed by atoms with Crippen molar-refractivity contribution in [3.05, 3.63) is 0 Å². The summed E-state index contributed by atoms with van der Waals surface area (Å²) in [6.07, 6.45) is 4.84. The summed E-state index contributed by atoms with van der Waals surface area (Å²) in [6.45, 7) is 1.07. The minimum Gasteiger partial charge on any atom is -0.394 e. The molecule has 16 heavy (non-hydrogen) atoms. The van der Waals surface area contributed by atoms with Crippen LogP contribution in [0.1, 0.15) is 32.1 Å². The van der Waals surface area contributed by atoms with Gasteiger partial charge < -0.3 is 10.4 Å². The van der Waals surface area contributed by atoms with Crippen LogP contribution in [0.4, 0.5) is 0 Å². The third-order valence-corrected chi connectivity index (χ3v) is 5.73. The molecule has 2 aliphatic rings. The Hall–Kier alpha value is -0.130. The lowest BCUT2D eigenvalue weighted by atomic mass is 9.81. The topological polar surface area (TPSA) is 66.4 Å². The van der Waals surface area contributed by atoms with Crippen LogP contribution in [0.2, 0.25) is 0 Å². The Balaban J connectivity index is 1.97. The number of aliphatic hydroxyl groups excluding tert-OH is 1. The molecular formula is C11H21NO3S. The Bertz CT molecular complexity index is 333. The number of hydrogen-bond donors (Lipinski definition) is 2. The van der Waals surface area contributed by atoms with Crippen LogP contribution >= 0.6 is 0 Å². The number of nitrogens with one attached hydrogen (secondary N) is 1. The molecule has 0 aromatic rings. The molecule has 0 radical (unpaired) electrons. The van der Waals surface area contributed by atoms with E-state index in [1.807, 2.05) is 0 Å². The molecule has 2 aliphatic heterocycles. The van der Waals surface area contributed by atoms with E-state index in [2.05, 4.69) is 5.32 Å². The van der Waals surface area contributed by atoms with Crippen LogP contribution in [0.25, 0.3) is 0 Å². The maximum absolute atomic E-state index is 11.4. The molecule has 2 rings (SSSR count). The fourth-order valence-corrected chi connectivity index (χ4v) is 4.85. The number of hydrogen-bond acceptors (Lipinski definition) is 4. The fourth-order valence-electron chi connectivity index (χ4n) is 2.99. The van der Waals surface area contributed by atoms with Gasteiger partial charge in [-0.25, -0.2) is 8.42 Å². The summed E-state index contributed by atoms with van der Waals surface area (Å²) < 4.78 is 22.8. The van der Waals surface area contributed by atoms with Gasteiger partial charge in [0.15, 0.2) is 9.84 Å². The zero-order valence-corrected chi connectivity index (χ0v) is 10.4. The second kappa shape index (κ2) is 4.63. The molecule has 2 fully saturated rings. The molecule has 4 nitrogen and oxygen atoms in total. The van der Waals surface area contributed by atoms with Crippen LogP contribution in [0.5, 0.6) is 0 Å². The summed E-state index contributed by atoms with van der Waals surface area (Å²) in [5.74, 6) is 0.887. The highest BCUT2D eigenvalue weighted by molar-refractivity contribution is 7.91. The molecule has 0 spiro atoms. The van der Waals surface area contributed by atoms with Gasteiger partial charge >= 0.3 is 0 Å². The van der Waals surface area contributed by atoms with Crippen molar-refractivity contribution >= 4 is 9.84 Å². The largest absolute Gasteiger partial charge is 0.394 e. The van der Waals surface area contributed by atoms with Crippen molar-refractivity contribution in [2.24, 2.45) is 5.92 Å². The van der Waals surface area contributed by atoms with Gasteiger partial charge in [-0.1, -0.05) is 6.42 Å². The average Bonchev–Trinajstić information content (AvgIpc) is 2.59. The van der Waals surface area contributed by atoms with Gasteiger partial charge in [-0.2, -0.15) is 0 Å². The van der Waals surface area contributed by atoms with Gasteiger partial charge in [-0.3, -0.25) is 0 Å². The van der Waals surface area contributed by atoms with Crippen molar-refractivity contribution in [3.63, 3.8) is 0 Å². The van der Waals surface area contributed by atoms with Crippen LogP contribution in [-0.4, -0.2) is 43.7 Å². The smallest absolute Gasteiger partial charge is 0.150 e. The quantitative estimate of drug-likeness (QED) is 0.753. The highest BCUT2D eigenvalue weighted by Gasteiger charge is 2.37.